The van der Waals surface area contributed by atoms with Crippen molar-refractivity contribution in [1.29, 1.82) is 0 Å². The second-order valence-electron chi connectivity index (χ2n) is 3.67. The van der Waals surface area contributed by atoms with Gasteiger partial charge in [0.25, 0.3) is 5.91 Å². The van der Waals surface area contributed by atoms with Crippen molar-refractivity contribution in [3.63, 3.8) is 0 Å². The first-order valence-corrected chi connectivity index (χ1v) is 6.68. The van der Waals surface area contributed by atoms with Crippen LogP contribution in [0.4, 0.5) is 0 Å². The summed E-state index contributed by atoms with van der Waals surface area (Å²) in [6.07, 6.45) is 0. The van der Waals surface area contributed by atoms with Crippen molar-refractivity contribution >= 4 is 17.2 Å². The molecule has 1 heterocycles. The number of carbonyl (C=O) groups is 1. The molecular weight excluding hydrogens is 266 g/mol. The summed E-state index contributed by atoms with van der Waals surface area (Å²) in [5, 5.41) is 19.3. The Balaban J connectivity index is 2.75. The van der Waals surface area contributed by atoms with E-state index < -0.39 is 0 Å². The summed E-state index contributed by atoms with van der Waals surface area (Å²) in [5.74, 6) is 5.14. The average molecular weight is 283 g/mol. The summed E-state index contributed by atoms with van der Waals surface area (Å²) in [4.78, 5) is 14.5. The fourth-order valence-corrected chi connectivity index (χ4v) is 2.21. The molecule has 1 aromatic rings. The summed E-state index contributed by atoms with van der Waals surface area (Å²) in [6, 6.07) is 1.69. The van der Waals surface area contributed by atoms with Gasteiger partial charge in [-0.05, 0) is 6.07 Å². The molecule has 0 aliphatic carbocycles. The molecule has 0 radical (unpaired) electrons. The summed E-state index contributed by atoms with van der Waals surface area (Å²) in [6.45, 7) is 0.842. The third-order valence-corrected chi connectivity index (χ3v) is 3.21. The molecule has 0 atom stereocenters. The molecule has 2 N–H and O–H groups in total. The summed E-state index contributed by atoms with van der Waals surface area (Å²) >= 11 is 1.35. The molecule has 1 amide bonds. The minimum absolute atomic E-state index is 0.0865. The molecule has 1 aromatic heterocycles. The average Bonchev–Trinajstić information content (AvgIpc) is 2.89. The van der Waals surface area contributed by atoms with Crippen LogP contribution in [0.5, 0.6) is 0 Å². The second-order valence-corrected chi connectivity index (χ2v) is 4.58. The zero-order valence-electron chi connectivity index (χ0n) is 10.8. The maximum absolute atomic E-state index is 12.2. The number of rotatable bonds is 6. The van der Waals surface area contributed by atoms with Gasteiger partial charge in [-0.25, -0.2) is 0 Å². The molecule has 0 unspecified atom stereocenters. The molecule has 0 spiro atoms. The minimum Gasteiger partial charge on any atom is -0.395 e. The maximum atomic E-state index is 12.2. The third kappa shape index (κ3) is 5.01. The van der Waals surface area contributed by atoms with Gasteiger partial charge in [-0.1, -0.05) is 11.8 Å². The molecule has 5 nitrogen and oxygen atoms in total. The van der Waals surface area contributed by atoms with E-state index in [0.717, 1.165) is 4.88 Å². The first-order valence-electron chi connectivity index (χ1n) is 5.80. The molecule has 0 saturated heterocycles. The number of aliphatic hydroxyl groups excluding tert-OH is 2. The predicted octanol–water partition coefficient (Wildman–Crippen LogP) is 0.173. The van der Waals surface area contributed by atoms with Crippen LogP contribution < -0.4 is 0 Å². The van der Waals surface area contributed by atoms with E-state index in [0.29, 0.717) is 18.7 Å². The number of nitrogens with zero attached hydrogens (tertiary/aromatic N) is 1. The van der Waals surface area contributed by atoms with Crippen LogP contribution in [0.15, 0.2) is 11.4 Å². The van der Waals surface area contributed by atoms with Gasteiger partial charge >= 0.3 is 0 Å². The minimum atomic E-state index is -0.203. The van der Waals surface area contributed by atoms with Crippen molar-refractivity contribution in [2.75, 3.05) is 40.0 Å². The van der Waals surface area contributed by atoms with Crippen molar-refractivity contribution in [2.24, 2.45) is 0 Å². The van der Waals surface area contributed by atoms with E-state index in [9.17, 15) is 4.79 Å². The van der Waals surface area contributed by atoms with Gasteiger partial charge in [0.2, 0.25) is 0 Å². The van der Waals surface area contributed by atoms with Gasteiger partial charge in [-0.3, -0.25) is 4.79 Å². The first kappa shape index (κ1) is 15.7. The normalized spacial score (nSPS) is 9.84. The van der Waals surface area contributed by atoms with E-state index in [1.165, 1.54) is 16.2 Å². The van der Waals surface area contributed by atoms with Crippen molar-refractivity contribution in [2.45, 2.75) is 0 Å². The topological polar surface area (TPSA) is 70.0 Å². The molecule has 0 aliphatic rings. The van der Waals surface area contributed by atoms with E-state index >= 15 is 0 Å². The van der Waals surface area contributed by atoms with Gasteiger partial charge in [0, 0.05) is 25.6 Å². The molecule has 0 aromatic carbocycles. The Bertz CT molecular complexity index is 461. The lowest BCUT2D eigenvalue weighted by Gasteiger charge is -2.20. The van der Waals surface area contributed by atoms with Crippen LogP contribution in [0.2, 0.25) is 0 Å². The molecule has 104 valence electrons. The molecule has 6 heteroatoms. The number of thiophene rings is 1. The Hall–Kier alpha value is -1.39. The van der Waals surface area contributed by atoms with Crippen LogP contribution in [-0.2, 0) is 4.74 Å². The highest BCUT2D eigenvalue weighted by Gasteiger charge is 2.16. The smallest absolute Gasteiger partial charge is 0.254 e. The fourth-order valence-electron chi connectivity index (χ4n) is 1.46. The number of carbonyl (C=O) groups excluding carboxylic acids is 1. The Kier molecular flexibility index (Phi) is 7.15. The highest BCUT2D eigenvalue weighted by molar-refractivity contribution is 7.10. The second kappa shape index (κ2) is 8.67. The number of methoxy groups -OCH3 is 1. The molecule has 0 aliphatic heterocycles. The summed E-state index contributed by atoms with van der Waals surface area (Å²) in [5.41, 5.74) is 0.539. The van der Waals surface area contributed by atoms with Crippen LogP contribution in [0.1, 0.15) is 15.2 Å². The van der Waals surface area contributed by atoms with Crippen molar-refractivity contribution in [3.05, 3.63) is 21.9 Å². The molecule has 19 heavy (non-hydrogen) atoms. The van der Waals surface area contributed by atoms with E-state index in [1.807, 2.05) is 0 Å². The van der Waals surface area contributed by atoms with E-state index in [2.05, 4.69) is 11.8 Å². The number of hydrogen-bond donors (Lipinski definition) is 2. The highest BCUT2D eigenvalue weighted by Crippen LogP contribution is 2.15. The first-order chi connectivity index (χ1) is 9.22. The zero-order valence-corrected chi connectivity index (χ0v) is 11.6. The fraction of sp³-hybridized carbons (Fsp3) is 0.462. The number of amides is 1. The van der Waals surface area contributed by atoms with Crippen LogP contribution in [0.25, 0.3) is 0 Å². The Labute approximate surface area is 116 Å². The van der Waals surface area contributed by atoms with Gasteiger partial charge in [-0.15, -0.1) is 11.3 Å². The van der Waals surface area contributed by atoms with Crippen LogP contribution in [0.3, 0.4) is 0 Å². The van der Waals surface area contributed by atoms with Crippen molar-refractivity contribution in [1.82, 2.24) is 4.90 Å². The van der Waals surface area contributed by atoms with Gasteiger partial charge in [0.05, 0.1) is 23.7 Å². The molecule has 0 fully saturated rings. The number of ether oxygens (including phenoxy) is 1. The zero-order chi connectivity index (χ0) is 14.1. The molecule has 0 bridgehead atoms. The predicted molar refractivity (Wildman–Crippen MR) is 73.1 cm³/mol. The lowest BCUT2D eigenvalue weighted by Crippen LogP contribution is -2.35. The number of hydrogen-bond acceptors (Lipinski definition) is 5. The van der Waals surface area contributed by atoms with E-state index in [4.69, 9.17) is 14.9 Å². The van der Waals surface area contributed by atoms with E-state index in [1.54, 1.807) is 18.6 Å². The van der Waals surface area contributed by atoms with Crippen LogP contribution in [0, 0.1) is 11.8 Å². The summed E-state index contributed by atoms with van der Waals surface area (Å²) in [7, 11) is 1.56. The monoisotopic (exact) mass is 283 g/mol. The summed E-state index contributed by atoms with van der Waals surface area (Å²) < 4.78 is 4.94. The van der Waals surface area contributed by atoms with Gasteiger partial charge in [0.15, 0.2) is 0 Å². The van der Waals surface area contributed by atoms with Crippen molar-refractivity contribution < 1.29 is 19.7 Å². The quantitative estimate of drug-likeness (QED) is 0.730. The van der Waals surface area contributed by atoms with Crippen LogP contribution in [-0.4, -0.2) is 61.0 Å². The lowest BCUT2D eigenvalue weighted by molar-refractivity contribution is 0.0657. The Morgan fingerprint density at radius 3 is 2.89 bits per heavy atom. The standard InChI is InChI=1S/C13H17NO4S/c1-18-8-5-14(4-7-16)13(17)11-9-12(19-10-11)3-2-6-15/h9-10,15-16H,4-8H2,1H3. The van der Waals surface area contributed by atoms with Gasteiger partial charge < -0.3 is 19.8 Å². The Morgan fingerprint density at radius 2 is 2.26 bits per heavy atom. The lowest BCUT2D eigenvalue weighted by atomic mass is 10.2. The SMILES string of the molecule is COCCN(CCO)C(=O)c1csc(C#CCO)c1. The maximum Gasteiger partial charge on any atom is 0.254 e. The Morgan fingerprint density at radius 1 is 1.47 bits per heavy atom. The largest absolute Gasteiger partial charge is 0.395 e. The molecule has 1 rings (SSSR count). The van der Waals surface area contributed by atoms with Gasteiger partial charge in [-0.2, -0.15) is 0 Å². The molecule has 0 saturated carbocycles. The van der Waals surface area contributed by atoms with Crippen molar-refractivity contribution in [3.8, 4) is 11.8 Å². The van der Waals surface area contributed by atoms with Gasteiger partial charge in [0.1, 0.15) is 6.61 Å². The third-order valence-electron chi connectivity index (χ3n) is 2.36. The number of aliphatic hydroxyl groups is 2. The van der Waals surface area contributed by atoms with Crippen LogP contribution >= 0.6 is 11.3 Å². The molecular formula is C13H17NO4S. The van der Waals surface area contributed by atoms with E-state index in [-0.39, 0.29) is 25.7 Å². The highest BCUT2D eigenvalue weighted by atomic mass is 32.1.